The maximum Gasteiger partial charge on any atom is 0.221 e. The second kappa shape index (κ2) is 10.1. The predicted molar refractivity (Wildman–Crippen MR) is 114 cm³/mol. The van der Waals surface area contributed by atoms with Gasteiger partial charge in [-0.1, -0.05) is 18.6 Å². The highest BCUT2D eigenvalue weighted by Crippen LogP contribution is 2.17. The van der Waals surface area contributed by atoms with E-state index in [0.29, 0.717) is 24.9 Å². The maximum atomic E-state index is 11.4. The van der Waals surface area contributed by atoms with Crippen molar-refractivity contribution in [3.8, 4) is 5.75 Å². The van der Waals surface area contributed by atoms with Gasteiger partial charge in [0.1, 0.15) is 11.5 Å². The van der Waals surface area contributed by atoms with Gasteiger partial charge in [-0.05, 0) is 50.0 Å². The average molecular weight is 422 g/mol. The molecule has 2 heterocycles. The summed E-state index contributed by atoms with van der Waals surface area (Å²) in [6.07, 6.45) is 5.91. The zero-order valence-electron chi connectivity index (χ0n) is 17.3. The number of hydrogen-bond donors (Lipinski definition) is 1. The minimum Gasteiger partial charge on any atom is -0.494 e. The largest absolute Gasteiger partial charge is 0.494 e. The summed E-state index contributed by atoms with van der Waals surface area (Å²) in [4.78, 5) is 6.74. The van der Waals surface area contributed by atoms with Gasteiger partial charge >= 0.3 is 0 Å². The van der Waals surface area contributed by atoms with Gasteiger partial charge in [0.15, 0.2) is 15.7 Å². The van der Waals surface area contributed by atoms with E-state index in [9.17, 15) is 8.42 Å². The Balaban J connectivity index is 1.40. The van der Waals surface area contributed by atoms with Gasteiger partial charge in [0, 0.05) is 26.4 Å². The highest BCUT2D eigenvalue weighted by molar-refractivity contribution is 7.89. The second-order valence-corrected chi connectivity index (χ2v) is 9.80. The van der Waals surface area contributed by atoms with Gasteiger partial charge in [0.2, 0.25) is 5.95 Å². The molecule has 1 fully saturated rings. The van der Waals surface area contributed by atoms with Crippen LogP contribution in [0.25, 0.3) is 0 Å². The zero-order chi connectivity index (χ0) is 20.7. The fourth-order valence-corrected chi connectivity index (χ4v) is 4.05. The number of likely N-dealkylation sites (tertiary alicyclic amines) is 1. The molecule has 0 atom stereocenters. The van der Waals surface area contributed by atoms with E-state index in [1.165, 1.54) is 44.2 Å². The van der Waals surface area contributed by atoms with Crippen molar-refractivity contribution in [2.75, 3.05) is 37.8 Å². The molecular formula is C20H31N5O3S. The number of aromatic nitrogens is 3. The number of nitrogens with zero attached hydrogens (tertiary/aromatic N) is 4. The van der Waals surface area contributed by atoms with Crippen LogP contribution in [-0.4, -0.2) is 60.6 Å². The highest BCUT2D eigenvalue weighted by atomic mass is 32.2. The van der Waals surface area contributed by atoms with Gasteiger partial charge in [0.05, 0.1) is 6.61 Å². The van der Waals surface area contributed by atoms with Crippen molar-refractivity contribution in [1.82, 2.24) is 19.7 Å². The third kappa shape index (κ3) is 7.32. The third-order valence-electron chi connectivity index (χ3n) is 4.82. The lowest BCUT2D eigenvalue weighted by molar-refractivity contribution is 0.220. The summed E-state index contributed by atoms with van der Waals surface area (Å²) in [6.45, 7) is 4.61. The van der Waals surface area contributed by atoms with Crippen LogP contribution in [0.1, 0.15) is 37.1 Å². The molecule has 0 saturated carbocycles. The first-order valence-corrected chi connectivity index (χ1v) is 12.2. The predicted octanol–water partition coefficient (Wildman–Crippen LogP) is 2.23. The molecule has 160 valence electrons. The standard InChI is InChI=1S/C20H31N5O3S/c1-24-20(22-19(23-24)16-29(2,26)27)21-10-7-13-28-18-9-6-8-17(14-18)15-25-11-4-3-5-12-25/h6,8-9,14H,3-5,7,10-13,15-16H2,1-2H3,(H,21,22,23). The van der Waals surface area contributed by atoms with Crippen molar-refractivity contribution in [1.29, 1.82) is 0 Å². The number of rotatable bonds is 10. The van der Waals surface area contributed by atoms with Crippen LogP contribution in [0.5, 0.6) is 5.75 Å². The Labute approximate surface area is 173 Å². The topological polar surface area (TPSA) is 89.3 Å². The summed E-state index contributed by atoms with van der Waals surface area (Å²) < 4.78 is 30.2. The van der Waals surface area contributed by atoms with Crippen molar-refractivity contribution < 1.29 is 13.2 Å². The maximum absolute atomic E-state index is 11.4. The van der Waals surface area contributed by atoms with Crippen LogP contribution in [0, 0.1) is 0 Å². The van der Waals surface area contributed by atoms with Crippen molar-refractivity contribution >= 4 is 15.8 Å². The minimum absolute atomic E-state index is 0.153. The number of nitrogens with one attached hydrogen (secondary N) is 1. The summed E-state index contributed by atoms with van der Waals surface area (Å²) in [7, 11) is -1.40. The number of aryl methyl sites for hydroxylation is 1. The van der Waals surface area contributed by atoms with E-state index in [1.54, 1.807) is 11.7 Å². The lowest BCUT2D eigenvalue weighted by atomic mass is 10.1. The SMILES string of the molecule is Cn1nc(CS(C)(=O)=O)nc1NCCCOc1cccc(CN2CCCCC2)c1. The molecule has 0 spiro atoms. The summed E-state index contributed by atoms with van der Waals surface area (Å²) in [6, 6.07) is 8.33. The Morgan fingerprint density at radius 1 is 1.21 bits per heavy atom. The number of piperidine rings is 1. The summed E-state index contributed by atoms with van der Waals surface area (Å²) in [5.74, 6) is 1.61. The molecular weight excluding hydrogens is 390 g/mol. The molecule has 2 aromatic rings. The molecule has 1 aromatic carbocycles. The molecule has 0 unspecified atom stereocenters. The number of sulfone groups is 1. The molecule has 29 heavy (non-hydrogen) atoms. The van der Waals surface area contributed by atoms with Crippen molar-refractivity contribution in [3.05, 3.63) is 35.7 Å². The van der Waals surface area contributed by atoms with E-state index < -0.39 is 9.84 Å². The van der Waals surface area contributed by atoms with Gasteiger partial charge in [-0.25, -0.2) is 13.1 Å². The number of ether oxygens (including phenoxy) is 1. The molecule has 1 aliphatic rings. The normalized spacial score (nSPS) is 15.4. The minimum atomic E-state index is -3.14. The van der Waals surface area contributed by atoms with Crippen LogP contribution in [0.2, 0.25) is 0 Å². The molecule has 0 bridgehead atoms. The highest BCUT2D eigenvalue weighted by Gasteiger charge is 2.12. The summed E-state index contributed by atoms with van der Waals surface area (Å²) >= 11 is 0. The average Bonchev–Trinajstić information content (AvgIpc) is 3.00. The van der Waals surface area contributed by atoms with Crippen LogP contribution in [0.15, 0.2) is 24.3 Å². The van der Waals surface area contributed by atoms with Crippen LogP contribution < -0.4 is 10.1 Å². The van der Waals surface area contributed by atoms with Gasteiger partial charge in [0.25, 0.3) is 0 Å². The number of hydrogen-bond acceptors (Lipinski definition) is 7. The summed E-state index contributed by atoms with van der Waals surface area (Å²) in [5.41, 5.74) is 1.29. The smallest absolute Gasteiger partial charge is 0.221 e. The van der Waals surface area contributed by atoms with E-state index in [4.69, 9.17) is 4.74 Å². The van der Waals surface area contributed by atoms with Crippen molar-refractivity contribution in [2.45, 2.75) is 38.0 Å². The molecule has 3 rings (SSSR count). The van der Waals surface area contributed by atoms with Crippen molar-refractivity contribution in [3.63, 3.8) is 0 Å². The zero-order valence-corrected chi connectivity index (χ0v) is 18.1. The van der Waals surface area contributed by atoms with Gasteiger partial charge in [-0.2, -0.15) is 10.1 Å². The molecule has 8 nitrogen and oxygen atoms in total. The molecule has 9 heteroatoms. The van der Waals surface area contributed by atoms with Crippen molar-refractivity contribution in [2.24, 2.45) is 7.05 Å². The van der Waals surface area contributed by atoms with E-state index in [1.807, 2.05) is 6.07 Å². The molecule has 1 aromatic heterocycles. The summed E-state index contributed by atoms with van der Waals surface area (Å²) in [5, 5.41) is 7.31. The van der Waals surface area contributed by atoms with E-state index in [2.05, 4.69) is 38.5 Å². The number of anilines is 1. The first-order valence-electron chi connectivity index (χ1n) is 10.1. The molecule has 0 aliphatic carbocycles. The fourth-order valence-electron chi connectivity index (χ4n) is 3.46. The lowest BCUT2D eigenvalue weighted by Gasteiger charge is -2.26. The van der Waals surface area contributed by atoms with E-state index >= 15 is 0 Å². The lowest BCUT2D eigenvalue weighted by Crippen LogP contribution is -2.29. The Morgan fingerprint density at radius 2 is 2.00 bits per heavy atom. The molecule has 0 amide bonds. The first-order chi connectivity index (χ1) is 13.9. The Kier molecular flexibility index (Phi) is 7.49. The van der Waals surface area contributed by atoms with Gasteiger partial charge in [-0.15, -0.1) is 0 Å². The van der Waals surface area contributed by atoms with E-state index in [0.717, 1.165) is 18.7 Å². The second-order valence-electron chi connectivity index (χ2n) is 7.66. The van der Waals surface area contributed by atoms with Gasteiger partial charge in [-0.3, -0.25) is 4.90 Å². The first kappa shape index (κ1) is 21.6. The monoisotopic (exact) mass is 421 g/mol. The third-order valence-corrected chi connectivity index (χ3v) is 5.61. The Bertz CT molecular complexity index is 891. The quantitative estimate of drug-likeness (QED) is 0.588. The Morgan fingerprint density at radius 3 is 2.76 bits per heavy atom. The van der Waals surface area contributed by atoms with Crippen LogP contribution in [0.4, 0.5) is 5.95 Å². The van der Waals surface area contributed by atoms with Crippen LogP contribution in [-0.2, 0) is 29.2 Å². The fraction of sp³-hybridized carbons (Fsp3) is 0.600. The Hall–Kier alpha value is -2.13. The van der Waals surface area contributed by atoms with Gasteiger partial charge < -0.3 is 10.1 Å². The number of benzene rings is 1. The molecule has 0 radical (unpaired) electrons. The molecule has 1 N–H and O–H groups in total. The molecule has 1 saturated heterocycles. The van der Waals surface area contributed by atoms with Crippen LogP contribution in [0.3, 0.4) is 0 Å². The van der Waals surface area contributed by atoms with Crippen LogP contribution >= 0.6 is 0 Å². The van der Waals surface area contributed by atoms with E-state index in [-0.39, 0.29) is 5.75 Å². The molecule has 1 aliphatic heterocycles.